The van der Waals surface area contributed by atoms with Crippen molar-refractivity contribution in [2.75, 3.05) is 0 Å². The van der Waals surface area contributed by atoms with Crippen LogP contribution in [0.15, 0.2) is 0 Å². The standard InChI is InChI=1S/H4O5P2S2/c1-7(8,4-6)5-9(2)3/h9H,6H2,(H,1,8). The number of thiol groups is 1. The fourth-order valence-corrected chi connectivity index (χ4v) is 1.77. The highest BCUT2D eigenvalue weighted by Crippen LogP contribution is 2.45. The SMILES string of the molecule is O=[SH](=O)OP(O)(=S)OP. The van der Waals surface area contributed by atoms with Crippen LogP contribution in [0.4, 0.5) is 0 Å². The molecule has 5 nitrogen and oxygen atoms in total. The summed E-state index contributed by atoms with van der Waals surface area (Å²) in [5, 5.41) is 0. The molecule has 0 radical (unpaired) electrons. The van der Waals surface area contributed by atoms with E-state index in [2.05, 4.69) is 20.1 Å². The molecule has 0 aromatic carbocycles. The molecular weight excluding hydrogens is 206 g/mol. The summed E-state index contributed by atoms with van der Waals surface area (Å²) in [6.45, 7) is -3.53. The zero-order chi connectivity index (χ0) is 7.49. The highest BCUT2D eigenvalue weighted by atomic mass is 32.5. The van der Waals surface area contributed by atoms with Crippen molar-refractivity contribution in [3.8, 4) is 0 Å². The van der Waals surface area contributed by atoms with Crippen molar-refractivity contribution in [1.82, 2.24) is 0 Å². The Labute approximate surface area is 61.1 Å². The normalized spacial score (nSPS) is 17.7. The van der Waals surface area contributed by atoms with Gasteiger partial charge in [0.1, 0.15) is 0 Å². The molecule has 0 saturated heterocycles. The minimum atomic E-state index is -3.53. The van der Waals surface area contributed by atoms with Crippen molar-refractivity contribution >= 4 is 39.0 Å². The average Bonchev–Trinajstić information content (AvgIpc) is 1.63. The van der Waals surface area contributed by atoms with Gasteiger partial charge in [-0.25, -0.2) is 8.42 Å². The summed E-state index contributed by atoms with van der Waals surface area (Å²) in [5.41, 5.74) is 0. The van der Waals surface area contributed by atoms with E-state index in [1.54, 1.807) is 9.47 Å². The van der Waals surface area contributed by atoms with Crippen LogP contribution < -0.4 is 0 Å². The van der Waals surface area contributed by atoms with Crippen LogP contribution in [0.1, 0.15) is 0 Å². The Morgan fingerprint density at radius 3 is 2.22 bits per heavy atom. The van der Waals surface area contributed by atoms with E-state index in [9.17, 15) is 8.42 Å². The van der Waals surface area contributed by atoms with Crippen LogP contribution in [0.25, 0.3) is 0 Å². The Bertz CT molecular complexity index is 185. The Balaban J connectivity index is 4.04. The van der Waals surface area contributed by atoms with Crippen molar-refractivity contribution in [3.05, 3.63) is 0 Å². The average molecular weight is 210 g/mol. The molecule has 9 heteroatoms. The molecule has 0 saturated carbocycles. The van der Waals surface area contributed by atoms with E-state index in [0.29, 0.717) is 0 Å². The van der Waals surface area contributed by atoms with Gasteiger partial charge in [0.2, 0.25) is 0 Å². The molecule has 9 heavy (non-hydrogen) atoms. The monoisotopic (exact) mass is 210 g/mol. The third-order valence-electron chi connectivity index (χ3n) is 0.303. The summed E-state index contributed by atoms with van der Waals surface area (Å²) in [6, 6.07) is 0. The van der Waals surface area contributed by atoms with Gasteiger partial charge in [-0.3, -0.25) is 4.31 Å². The first-order valence-corrected chi connectivity index (χ1v) is 5.69. The van der Waals surface area contributed by atoms with Crippen LogP contribution >= 0.6 is 16.2 Å². The first kappa shape index (κ1) is 9.91. The van der Waals surface area contributed by atoms with Crippen LogP contribution in [0.5, 0.6) is 0 Å². The van der Waals surface area contributed by atoms with E-state index in [-0.39, 0.29) is 0 Å². The van der Waals surface area contributed by atoms with Crippen LogP contribution in [0.2, 0.25) is 0 Å². The molecule has 0 amide bonds. The minimum Gasteiger partial charge on any atom is -0.324 e. The molecule has 0 heterocycles. The zero-order valence-electron chi connectivity index (χ0n) is 3.96. The molecular formula is H4O5P2S2. The Morgan fingerprint density at radius 1 is 1.67 bits per heavy atom. The molecule has 0 aliphatic carbocycles. The van der Waals surface area contributed by atoms with Crippen molar-refractivity contribution in [2.24, 2.45) is 0 Å². The van der Waals surface area contributed by atoms with Crippen LogP contribution in [0, 0.1) is 0 Å². The fourth-order valence-electron chi connectivity index (χ4n) is 0.103. The molecule has 0 aromatic heterocycles. The second-order valence-electron chi connectivity index (χ2n) is 0.879. The van der Waals surface area contributed by atoms with Gasteiger partial charge in [0, 0.05) is 9.47 Å². The molecule has 0 fully saturated rings. The zero-order valence-corrected chi connectivity index (χ0v) is 7.72. The summed E-state index contributed by atoms with van der Waals surface area (Å²) in [4.78, 5) is 8.57. The third kappa shape index (κ3) is 5.36. The van der Waals surface area contributed by atoms with Gasteiger partial charge < -0.3 is 4.89 Å². The van der Waals surface area contributed by atoms with E-state index in [1.807, 2.05) is 0 Å². The lowest BCUT2D eigenvalue weighted by molar-refractivity contribution is 0.403. The number of rotatable bonds is 3. The van der Waals surface area contributed by atoms with Crippen LogP contribution in [0.3, 0.4) is 0 Å². The van der Waals surface area contributed by atoms with E-state index < -0.39 is 17.7 Å². The first-order chi connectivity index (χ1) is 3.98. The van der Waals surface area contributed by atoms with E-state index >= 15 is 0 Å². The molecule has 2 atom stereocenters. The highest BCUT2D eigenvalue weighted by molar-refractivity contribution is 8.10. The number of hydrogen-bond acceptors (Lipinski definition) is 5. The van der Waals surface area contributed by atoms with Gasteiger partial charge in [0.05, 0.1) is 0 Å². The van der Waals surface area contributed by atoms with Crippen molar-refractivity contribution in [3.63, 3.8) is 0 Å². The van der Waals surface area contributed by atoms with Crippen molar-refractivity contribution in [2.45, 2.75) is 0 Å². The Kier molecular flexibility index (Phi) is 4.33. The van der Waals surface area contributed by atoms with Crippen molar-refractivity contribution < 1.29 is 21.6 Å². The quantitative estimate of drug-likeness (QED) is 0.485. The van der Waals surface area contributed by atoms with Crippen LogP contribution in [-0.2, 0) is 31.1 Å². The molecule has 0 bridgehead atoms. The third-order valence-corrected chi connectivity index (χ3v) is 4.10. The lowest BCUT2D eigenvalue weighted by Gasteiger charge is -2.05. The maximum atomic E-state index is 9.70. The molecule has 0 aliphatic heterocycles. The molecule has 0 rings (SSSR count). The van der Waals surface area contributed by atoms with E-state index in [4.69, 9.17) is 4.89 Å². The lowest BCUT2D eigenvalue weighted by Crippen LogP contribution is -1.84. The number of hydrogen-bond donors (Lipinski definition) is 2. The molecule has 56 valence electrons. The molecule has 1 N–H and O–H groups in total. The second kappa shape index (κ2) is 3.93. The summed E-state index contributed by atoms with van der Waals surface area (Å²) < 4.78 is 27.2. The Morgan fingerprint density at radius 2 is 2.11 bits per heavy atom. The smallest absolute Gasteiger partial charge is 0.324 e. The fraction of sp³-hybridized carbons (Fsp3) is 0. The van der Waals surface area contributed by atoms with E-state index in [0.717, 1.165) is 0 Å². The second-order valence-corrected chi connectivity index (χ2v) is 5.14. The van der Waals surface area contributed by atoms with E-state index in [1.165, 1.54) is 0 Å². The molecule has 0 spiro atoms. The lowest BCUT2D eigenvalue weighted by atomic mass is 15.7. The predicted molar refractivity (Wildman–Crippen MR) is 38.7 cm³/mol. The summed E-state index contributed by atoms with van der Waals surface area (Å²) >= 11 is 4.14. The van der Waals surface area contributed by atoms with Gasteiger partial charge in [-0.1, -0.05) is 0 Å². The first-order valence-electron chi connectivity index (χ1n) is 1.53. The topological polar surface area (TPSA) is 72.8 Å². The molecule has 0 aromatic rings. The maximum absolute atomic E-state index is 9.70. The van der Waals surface area contributed by atoms with Crippen LogP contribution in [-0.4, -0.2) is 13.3 Å². The van der Waals surface area contributed by atoms with Gasteiger partial charge in [0.15, 0.2) is 0 Å². The van der Waals surface area contributed by atoms with Gasteiger partial charge >= 0.3 is 6.72 Å². The predicted octanol–water partition coefficient (Wildman–Crippen LogP) is -0.447. The molecule has 0 aliphatic rings. The van der Waals surface area contributed by atoms with Gasteiger partial charge in [-0.2, -0.15) is 3.97 Å². The summed E-state index contributed by atoms with van der Waals surface area (Å²) in [5.74, 6) is 0. The highest BCUT2D eigenvalue weighted by Gasteiger charge is 2.13. The van der Waals surface area contributed by atoms with Crippen molar-refractivity contribution in [1.29, 1.82) is 0 Å². The maximum Gasteiger partial charge on any atom is 0.342 e. The van der Waals surface area contributed by atoms with Gasteiger partial charge in [0.25, 0.3) is 11.0 Å². The summed E-state index contributed by atoms with van der Waals surface area (Å²) in [7, 11) is -1.52. The largest absolute Gasteiger partial charge is 0.342 e. The van der Waals surface area contributed by atoms with Gasteiger partial charge in [-0.05, 0) is 11.8 Å². The summed E-state index contributed by atoms with van der Waals surface area (Å²) in [6.07, 6.45) is 0. The van der Waals surface area contributed by atoms with Gasteiger partial charge in [-0.15, -0.1) is 0 Å². The Hall–Kier alpha value is 0.910. The minimum absolute atomic E-state index is 1.62. The molecule has 2 unspecified atom stereocenters.